The molecule has 0 spiro atoms. The van der Waals surface area contributed by atoms with Gasteiger partial charge in [0.15, 0.2) is 12.4 Å². The molecule has 0 unspecified atom stereocenters. The minimum Gasteiger partial charge on any atom is -0.494 e. The zero-order valence-electron chi connectivity index (χ0n) is 12.0. The van der Waals surface area contributed by atoms with Gasteiger partial charge in [-0.05, 0) is 55.5 Å². The van der Waals surface area contributed by atoms with Gasteiger partial charge in [0.25, 0.3) is 0 Å². The van der Waals surface area contributed by atoms with E-state index in [4.69, 9.17) is 9.47 Å². The first-order valence-electron chi connectivity index (χ1n) is 6.79. The molecule has 5 heteroatoms. The molecular formula is C17H15BrO4. The first-order valence-corrected chi connectivity index (χ1v) is 7.58. The van der Waals surface area contributed by atoms with Crippen LogP contribution in [0.2, 0.25) is 0 Å². The molecule has 0 aliphatic rings. The highest BCUT2D eigenvalue weighted by molar-refractivity contribution is 9.10. The molecule has 0 saturated carbocycles. The normalized spacial score (nSPS) is 10.1. The summed E-state index contributed by atoms with van der Waals surface area (Å²) in [5.41, 5.74) is 0.884. The molecule has 2 aromatic rings. The third-order valence-electron chi connectivity index (χ3n) is 2.90. The van der Waals surface area contributed by atoms with Gasteiger partial charge in [0, 0.05) is 10.0 Å². The van der Waals surface area contributed by atoms with Crippen molar-refractivity contribution in [3.63, 3.8) is 0 Å². The summed E-state index contributed by atoms with van der Waals surface area (Å²) in [7, 11) is 0. The minimum absolute atomic E-state index is 0.256. The number of ether oxygens (including phenoxy) is 2. The summed E-state index contributed by atoms with van der Waals surface area (Å²) in [6.07, 6.45) is 0. The number of ketones is 1. The van der Waals surface area contributed by atoms with Crippen molar-refractivity contribution in [2.45, 2.75) is 6.92 Å². The maximum absolute atomic E-state index is 12.0. The van der Waals surface area contributed by atoms with E-state index < -0.39 is 5.97 Å². The van der Waals surface area contributed by atoms with Crippen LogP contribution in [0.5, 0.6) is 5.75 Å². The molecule has 0 radical (unpaired) electrons. The predicted octanol–water partition coefficient (Wildman–Crippen LogP) is 3.89. The summed E-state index contributed by atoms with van der Waals surface area (Å²) in [4.78, 5) is 23.8. The third kappa shape index (κ3) is 4.43. The Kier molecular flexibility index (Phi) is 5.72. The summed E-state index contributed by atoms with van der Waals surface area (Å²) in [6, 6.07) is 13.5. The quantitative estimate of drug-likeness (QED) is 0.577. The fraction of sp³-hybridized carbons (Fsp3) is 0.176. The van der Waals surface area contributed by atoms with Gasteiger partial charge >= 0.3 is 5.97 Å². The average Bonchev–Trinajstić information content (AvgIpc) is 2.54. The summed E-state index contributed by atoms with van der Waals surface area (Å²) >= 11 is 3.29. The molecule has 4 nitrogen and oxygen atoms in total. The van der Waals surface area contributed by atoms with Crippen LogP contribution in [-0.4, -0.2) is 25.0 Å². The van der Waals surface area contributed by atoms with E-state index in [1.165, 1.54) is 0 Å². The van der Waals surface area contributed by atoms with E-state index >= 15 is 0 Å². The van der Waals surface area contributed by atoms with E-state index in [1.807, 2.05) is 6.92 Å². The van der Waals surface area contributed by atoms with E-state index in [9.17, 15) is 9.59 Å². The third-order valence-corrected chi connectivity index (χ3v) is 3.43. The number of carbonyl (C=O) groups excluding carboxylic acids is 2. The molecule has 0 amide bonds. The van der Waals surface area contributed by atoms with Gasteiger partial charge < -0.3 is 9.47 Å². The number of carbonyl (C=O) groups is 2. The van der Waals surface area contributed by atoms with Gasteiger partial charge in [-0.15, -0.1) is 0 Å². The lowest BCUT2D eigenvalue weighted by Crippen LogP contribution is -2.14. The van der Waals surface area contributed by atoms with Crippen molar-refractivity contribution in [1.82, 2.24) is 0 Å². The van der Waals surface area contributed by atoms with Crippen LogP contribution in [0.25, 0.3) is 0 Å². The van der Waals surface area contributed by atoms with Gasteiger partial charge in [0.05, 0.1) is 12.2 Å². The Morgan fingerprint density at radius 3 is 2.14 bits per heavy atom. The van der Waals surface area contributed by atoms with Crippen LogP contribution in [0.1, 0.15) is 27.6 Å². The van der Waals surface area contributed by atoms with Crippen molar-refractivity contribution in [1.29, 1.82) is 0 Å². The Balaban J connectivity index is 1.91. The van der Waals surface area contributed by atoms with Gasteiger partial charge in [-0.3, -0.25) is 4.79 Å². The van der Waals surface area contributed by atoms with E-state index in [0.29, 0.717) is 23.5 Å². The number of hydrogen-bond acceptors (Lipinski definition) is 4. The van der Waals surface area contributed by atoms with E-state index in [0.717, 1.165) is 4.47 Å². The molecular weight excluding hydrogens is 348 g/mol. The van der Waals surface area contributed by atoms with Crippen molar-refractivity contribution in [3.8, 4) is 5.75 Å². The summed E-state index contributed by atoms with van der Waals surface area (Å²) in [5, 5.41) is 0. The molecule has 0 aromatic heterocycles. The topological polar surface area (TPSA) is 52.6 Å². The maximum Gasteiger partial charge on any atom is 0.338 e. The van der Waals surface area contributed by atoms with Crippen LogP contribution in [0.15, 0.2) is 53.0 Å². The fourth-order valence-corrected chi connectivity index (χ4v) is 2.05. The zero-order chi connectivity index (χ0) is 15.9. The van der Waals surface area contributed by atoms with Gasteiger partial charge in [0.2, 0.25) is 0 Å². The van der Waals surface area contributed by atoms with E-state index in [-0.39, 0.29) is 12.4 Å². The van der Waals surface area contributed by atoms with Gasteiger partial charge in [-0.25, -0.2) is 4.79 Å². The van der Waals surface area contributed by atoms with E-state index in [1.54, 1.807) is 48.5 Å². The first kappa shape index (κ1) is 16.2. The van der Waals surface area contributed by atoms with Crippen molar-refractivity contribution in [2.75, 3.05) is 13.2 Å². The lowest BCUT2D eigenvalue weighted by Gasteiger charge is -2.06. The second kappa shape index (κ2) is 7.75. The van der Waals surface area contributed by atoms with Crippen molar-refractivity contribution in [2.24, 2.45) is 0 Å². The smallest absolute Gasteiger partial charge is 0.338 e. The van der Waals surface area contributed by atoms with Crippen LogP contribution in [0, 0.1) is 0 Å². The molecule has 0 aliphatic heterocycles. The summed E-state index contributed by atoms with van der Waals surface area (Å²) in [5.74, 6) is -0.0776. The second-order valence-corrected chi connectivity index (χ2v) is 5.38. The molecule has 114 valence electrons. The van der Waals surface area contributed by atoms with Crippen molar-refractivity contribution < 1.29 is 19.1 Å². The lowest BCUT2D eigenvalue weighted by molar-refractivity contribution is 0.0474. The number of rotatable bonds is 6. The van der Waals surface area contributed by atoms with Crippen LogP contribution in [0.4, 0.5) is 0 Å². The largest absolute Gasteiger partial charge is 0.494 e. The molecule has 0 heterocycles. The maximum atomic E-state index is 12.0. The Hall–Kier alpha value is -2.14. The fourth-order valence-electron chi connectivity index (χ4n) is 1.79. The highest BCUT2D eigenvalue weighted by Crippen LogP contribution is 2.14. The number of esters is 1. The predicted molar refractivity (Wildman–Crippen MR) is 86.4 cm³/mol. The first-order chi connectivity index (χ1) is 10.6. The molecule has 0 aliphatic carbocycles. The van der Waals surface area contributed by atoms with Crippen LogP contribution >= 0.6 is 15.9 Å². The van der Waals surface area contributed by atoms with E-state index in [2.05, 4.69) is 15.9 Å². The Morgan fingerprint density at radius 2 is 1.55 bits per heavy atom. The highest BCUT2D eigenvalue weighted by atomic mass is 79.9. The average molecular weight is 363 g/mol. The zero-order valence-corrected chi connectivity index (χ0v) is 13.6. The van der Waals surface area contributed by atoms with Gasteiger partial charge in [0.1, 0.15) is 5.75 Å². The molecule has 0 N–H and O–H groups in total. The Bertz CT molecular complexity index is 647. The van der Waals surface area contributed by atoms with Crippen molar-refractivity contribution in [3.05, 3.63) is 64.1 Å². The lowest BCUT2D eigenvalue weighted by atomic mass is 10.1. The standard InChI is InChI=1S/C17H15BrO4/c1-2-21-15-9-5-12(6-10-15)16(19)11-22-17(20)13-3-7-14(18)8-4-13/h3-10H,2,11H2,1H3. The Labute approximate surface area is 137 Å². The number of benzene rings is 2. The molecule has 0 fully saturated rings. The highest BCUT2D eigenvalue weighted by Gasteiger charge is 2.11. The Morgan fingerprint density at radius 1 is 0.955 bits per heavy atom. The molecule has 0 saturated heterocycles. The van der Waals surface area contributed by atoms with Crippen LogP contribution in [-0.2, 0) is 4.74 Å². The molecule has 2 rings (SSSR count). The van der Waals surface area contributed by atoms with Gasteiger partial charge in [-0.2, -0.15) is 0 Å². The van der Waals surface area contributed by atoms with Crippen LogP contribution in [0.3, 0.4) is 0 Å². The van der Waals surface area contributed by atoms with Gasteiger partial charge in [-0.1, -0.05) is 15.9 Å². The molecule has 0 bridgehead atoms. The summed E-state index contributed by atoms with van der Waals surface area (Å²) in [6.45, 7) is 2.17. The SMILES string of the molecule is CCOc1ccc(C(=O)COC(=O)c2ccc(Br)cc2)cc1. The van der Waals surface area contributed by atoms with Crippen LogP contribution < -0.4 is 4.74 Å². The minimum atomic E-state index is -0.521. The molecule has 2 aromatic carbocycles. The summed E-state index contributed by atoms with van der Waals surface area (Å²) < 4.78 is 11.2. The molecule has 22 heavy (non-hydrogen) atoms. The monoisotopic (exact) mass is 362 g/mol. The number of halogens is 1. The number of Topliss-reactive ketones (excluding diaryl/α,β-unsaturated/α-hetero) is 1. The van der Waals surface area contributed by atoms with Crippen molar-refractivity contribution >= 4 is 27.7 Å². The second-order valence-electron chi connectivity index (χ2n) is 4.46. The molecule has 0 atom stereocenters. The number of hydrogen-bond donors (Lipinski definition) is 0.